The van der Waals surface area contributed by atoms with Gasteiger partial charge in [-0.3, -0.25) is 14.4 Å². The molecule has 0 aromatic heterocycles. The third-order valence-corrected chi connectivity index (χ3v) is 12.6. The van der Waals surface area contributed by atoms with Crippen molar-refractivity contribution in [2.24, 2.45) is 0 Å². The van der Waals surface area contributed by atoms with E-state index in [0.29, 0.717) is 19.3 Å². The topological polar surface area (TPSA) is 78.9 Å². The summed E-state index contributed by atoms with van der Waals surface area (Å²) in [5.41, 5.74) is 0. The van der Waals surface area contributed by atoms with Gasteiger partial charge in [0.15, 0.2) is 6.10 Å². The maximum atomic E-state index is 12.8. The van der Waals surface area contributed by atoms with Gasteiger partial charge in [0, 0.05) is 19.3 Å². The first-order valence-electron chi connectivity index (χ1n) is 29.6. The van der Waals surface area contributed by atoms with Crippen LogP contribution < -0.4 is 0 Å². The Morgan fingerprint density at radius 2 is 0.557 bits per heavy atom. The van der Waals surface area contributed by atoms with Crippen molar-refractivity contribution >= 4 is 17.9 Å². The summed E-state index contributed by atoms with van der Waals surface area (Å²) in [6.45, 7) is 6.35. The van der Waals surface area contributed by atoms with Gasteiger partial charge in [0.2, 0.25) is 0 Å². The quantitative estimate of drug-likeness (QED) is 0.0261. The predicted molar refractivity (Wildman–Crippen MR) is 302 cm³/mol. The fourth-order valence-corrected chi connectivity index (χ4v) is 8.27. The number of allylic oxidation sites excluding steroid dienone is 14. The average molecular weight is 976 g/mol. The van der Waals surface area contributed by atoms with Gasteiger partial charge >= 0.3 is 17.9 Å². The minimum Gasteiger partial charge on any atom is -0.462 e. The third-order valence-electron chi connectivity index (χ3n) is 12.6. The molecule has 1 unspecified atom stereocenters. The van der Waals surface area contributed by atoms with Crippen molar-refractivity contribution in [2.75, 3.05) is 13.2 Å². The van der Waals surface area contributed by atoms with E-state index < -0.39 is 6.10 Å². The molecule has 6 nitrogen and oxygen atoms in total. The van der Waals surface area contributed by atoms with Crippen molar-refractivity contribution in [2.45, 2.75) is 290 Å². The van der Waals surface area contributed by atoms with E-state index in [1.54, 1.807) is 0 Å². The second-order valence-electron chi connectivity index (χ2n) is 19.5. The fraction of sp³-hybridized carbons (Fsp3) is 0.734. The summed E-state index contributed by atoms with van der Waals surface area (Å²) >= 11 is 0. The van der Waals surface area contributed by atoms with E-state index in [0.717, 1.165) is 122 Å². The number of hydrogen-bond donors (Lipinski definition) is 0. The molecule has 0 heterocycles. The van der Waals surface area contributed by atoms with E-state index in [1.165, 1.54) is 122 Å². The monoisotopic (exact) mass is 975 g/mol. The summed E-state index contributed by atoms with van der Waals surface area (Å²) in [6, 6.07) is 0. The zero-order chi connectivity index (χ0) is 50.7. The van der Waals surface area contributed by atoms with Crippen LogP contribution in [0.3, 0.4) is 0 Å². The summed E-state index contributed by atoms with van der Waals surface area (Å²) in [5, 5.41) is 0. The molecule has 6 heteroatoms. The zero-order valence-electron chi connectivity index (χ0n) is 46.0. The van der Waals surface area contributed by atoms with Gasteiger partial charge < -0.3 is 14.2 Å². The molecule has 1 atom stereocenters. The molecule has 0 saturated heterocycles. The van der Waals surface area contributed by atoms with Crippen molar-refractivity contribution in [1.29, 1.82) is 0 Å². The molecule has 0 aliphatic carbocycles. The first-order valence-corrected chi connectivity index (χ1v) is 29.6. The second-order valence-corrected chi connectivity index (χ2v) is 19.5. The Kier molecular flexibility index (Phi) is 55.3. The van der Waals surface area contributed by atoms with E-state index in [1.807, 2.05) is 0 Å². The fourth-order valence-electron chi connectivity index (χ4n) is 8.27. The third kappa shape index (κ3) is 55.5. The molecule has 0 fully saturated rings. The van der Waals surface area contributed by atoms with Gasteiger partial charge in [-0.15, -0.1) is 0 Å². The summed E-state index contributed by atoms with van der Waals surface area (Å²) in [7, 11) is 0. The number of unbranched alkanes of at least 4 members (excludes halogenated alkanes) is 28. The van der Waals surface area contributed by atoms with Gasteiger partial charge in [0.25, 0.3) is 0 Å². The molecule has 0 amide bonds. The Morgan fingerprint density at radius 3 is 0.871 bits per heavy atom. The number of carbonyl (C=O) groups excluding carboxylic acids is 3. The van der Waals surface area contributed by atoms with Crippen LogP contribution in [0.25, 0.3) is 0 Å². The van der Waals surface area contributed by atoms with Crippen LogP contribution in [0.1, 0.15) is 284 Å². The smallest absolute Gasteiger partial charge is 0.306 e. The summed E-state index contributed by atoms with van der Waals surface area (Å²) in [4.78, 5) is 37.9. The van der Waals surface area contributed by atoms with Crippen LogP contribution in [-0.4, -0.2) is 37.2 Å². The number of esters is 3. The standard InChI is InChI=1S/C64H110O6/c1-4-7-10-13-16-18-20-22-24-25-26-27-28-29-30-31-32-33-34-35-36-37-38-39-41-42-44-46-48-51-54-57-63(66)69-60-61(59-68-62(65)56-53-50-15-12-9-6-3)70-64(67)58-55-52-49-47-45-43-40-23-21-19-17-14-11-8-5-2/h7-8,10-11,16-19,22-24,26-27,40,61H,4-6,9,12-15,20-21,25,28-39,41-60H2,1-3H3/b10-7-,11-8-,18-16-,19-17-,24-22-,27-26-,40-23-. The van der Waals surface area contributed by atoms with Crippen molar-refractivity contribution in [3.05, 3.63) is 85.1 Å². The molecule has 0 aromatic carbocycles. The first-order chi connectivity index (χ1) is 34.5. The number of ether oxygens (including phenoxy) is 3. The van der Waals surface area contributed by atoms with Crippen molar-refractivity contribution in [1.82, 2.24) is 0 Å². The lowest BCUT2D eigenvalue weighted by Gasteiger charge is -2.18. The van der Waals surface area contributed by atoms with E-state index in [4.69, 9.17) is 14.2 Å². The molecule has 0 bridgehead atoms. The molecule has 0 aromatic rings. The highest BCUT2D eigenvalue weighted by Crippen LogP contribution is 2.16. The number of rotatable bonds is 53. The van der Waals surface area contributed by atoms with Crippen LogP contribution in [0.2, 0.25) is 0 Å². The van der Waals surface area contributed by atoms with Crippen LogP contribution in [0, 0.1) is 0 Å². The Labute approximate surface area is 433 Å². The van der Waals surface area contributed by atoms with Crippen LogP contribution in [0.5, 0.6) is 0 Å². The van der Waals surface area contributed by atoms with Gasteiger partial charge in [0.05, 0.1) is 0 Å². The zero-order valence-corrected chi connectivity index (χ0v) is 46.0. The largest absolute Gasteiger partial charge is 0.462 e. The van der Waals surface area contributed by atoms with E-state index in [2.05, 4.69) is 106 Å². The lowest BCUT2D eigenvalue weighted by Crippen LogP contribution is -2.30. The molecule has 0 rings (SSSR count). The second kappa shape index (κ2) is 58.2. The highest BCUT2D eigenvalue weighted by atomic mass is 16.6. The Morgan fingerprint density at radius 1 is 0.300 bits per heavy atom. The van der Waals surface area contributed by atoms with Crippen molar-refractivity contribution < 1.29 is 28.6 Å². The van der Waals surface area contributed by atoms with Crippen molar-refractivity contribution in [3.8, 4) is 0 Å². The van der Waals surface area contributed by atoms with Gasteiger partial charge in [-0.2, -0.15) is 0 Å². The first kappa shape index (κ1) is 66.6. The van der Waals surface area contributed by atoms with Gasteiger partial charge in [0.1, 0.15) is 13.2 Å². The van der Waals surface area contributed by atoms with Gasteiger partial charge in [-0.05, 0) is 89.9 Å². The summed E-state index contributed by atoms with van der Waals surface area (Å²) in [5.74, 6) is -0.901. The molecular formula is C64H110O6. The summed E-state index contributed by atoms with van der Waals surface area (Å²) < 4.78 is 16.7. The predicted octanol–water partition coefficient (Wildman–Crippen LogP) is 19.9. The lowest BCUT2D eigenvalue weighted by atomic mass is 10.0. The minimum atomic E-state index is -0.780. The van der Waals surface area contributed by atoms with Gasteiger partial charge in [-0.25, -0.2) is 0 Å². The maximum Gasteiger partial charge on any atom is 0.306 e. The molecule has 0 aliphatic heterocycles. The Hall–Kier alpha value is -3.41. The molecule has 0 aliphatic rings. The highest BCUT2D eigenvalue weighted by molar-refractivity contribution is 5.71. The van der Waals surface area contributed by atoms with Crippen molar-refractivity contribution in [3.63, 3.8) is 0 Å². The SMILES string of the molecule is CC/C=C\C/C=C\C/C=C\C/C=C\CCCCCCCCCCCCCCCCCCCCC(=O)OCC(COC(=O)CCCCCCCC)OC(=O)CCCCCCC/C=C\C/C=C\C/C=C\CC. The normalized spacial score (nSPS) is 12.7. The van der Waals surface area contributed by atoms with Crippen LogP contribution >= 0.6 is 0 Å². The van der Waals surface area contributed by atoms with Crippen LogP contribution in [0.15, 0.2) is 85.1 Å². The minimum absolute atomic E-state index is 0.0807. The van der Waals surface area contributed by atoms with E-state index >= 15 is 0 Å². The van der Waals surface area contributed by atoms with Crippen LogP contribution in [-0.2, 0) is 28.6 Å². The van der Waals surface area contributed by atoms with E-state index in [9.17, 15) is 14.4 Å². The molecule has 70 heavy (non-hydrogen) atoms. The highest BCUT2D eigenvalue weighted by Gasteiger charge is 2.19. The van der Waals surface area contributed by atoms with E-state index in [-0.39, 0.29) is 31.1 Å². The average Bonchev–Trinajstić information content (AvgIpc) is 3.36. The molecule has 402 valence electrons. The Balaban J connectivity index is 4.01. The summed E-state index contributed by atoms with van der Waals surface area (Å²) in [6.07, 6.45) is 76.3. The number of carbonyl (C=O) groups is 3. The molecule has 0 spiro atoms. The molecule has 0 radical (unpaired) electrons. The molecule has 0 N–H and O–H groups in total. The van der Waals surface area contributed by atoms with Gasteiger partial charge in [-0.1, -0.05) is 260 Å². The van der Waals surface area contributed by atoms with Crippen LogP contribution in [0.4, 0.5) is 0 Å². The molecule has 0 saturated carbocycles. The maximum absolute atomic E-state index is 12.8. The number of hydrogen-bond acceptors (Lipinski definition) is 6. The Bertz CT molecular complexity index is 1350. The molecular weight excluding hydrogens is 865 g/mol. The lowest BCUT2D eigenvalue weighted by molar-refractivity contribution is -0.167.